The summed E-state index contributed by atoms with van der Waals surface area (Å²) >= 11 is 0. The highest BCUT2D eigenvalue weighted by Gasteiger charge is 2.38. The van der Waals surface area contributed by atoms with Crippen molar-refractivity contribution in [1.29, 1.82) is 0 Å². The number of ether oxygens (including phenoxy) is 1. The van der Waals surface area contributed by atoms with Gasteiger partial charge in [0.25, 0.3) is 0 Å². The van der Waals surface area contributed by atoms with Gasteiger partial charge in [-0.3, -0.25) is 0 Å². The van der Waals surface area contributed by atoms with E-state index in [1.54, 1.807) is 13.1 Å². The number of hydrogen-bond acceptors (Lipinski definition) is 4. The van der Waals surface area contributed by atoms with E-state index in [0.717, 1.165) is 12.8 Å². The minimum absolute atomic E-state index is 0.0264. The fourth-order valence-electron chi connectivity index (χ4n) is 2.24. The number of nitrogens with one attached hydrogen (secondary N) is 1. The lowest BCUT2D eigenvalue weighted by atomic mass is 10.2. The number of halogens is 1. The molecule has 1 aromatic rings. The standard InChI is InChI=1S/C14H21FN2O3S/c1-16-10-11-3-6-14(13(15)9-11)21(18,19)17(7-8-20-2)12-4-5-12/h3,6,9,12,16H,4-5,7-8,10H2,1-2H3. The first-order valence-corrected chi connectivity index (χ1v) is 8.38. The SMILES string of the molecule is CNCc1ccc(S(=O)(=O)N(CCOC)C2CC2)c(F)c1. The molecule has 1 aliphatic carbocycles. The predicted octanol–water partition coefficient (Wildman–Crippen LogP) is 1.34. The molecule has 0 aromatic heterocycles. The summed E-state index contributed by atoms with van der Waals surface area (Å²) in [7, 11) is -0.544. The van der Waals surface area contributed by atoms with E-state index in [9.17, 15) is 12.8 Å². The molecule has 21 heavy (non-hydrogen) atoms. The molecule has 0 atom stereocenters. The van der Waals surface area contributed by atoms with E-state index in [2.05, 4.69) is 5.32 Å². The van der Waals surface area contributed by atoms with Gasteiger partial charge in [-0.2, -0.15) is 4.31 Å². The number of methoxy groups -OCH3 is 1. The molecular formula is C14H21FN2O3S. The van der Waals surface area contributed by atoms with Gasteiger partial charge in [-0.25, -0.2) is 12.8 Å². The van der Waals surface area contributed by atoms with Gasteiger partial charge in [0.2, 0.25) is 10.0 Å². The monoisotopic (exact) mass is 316 g/mol. The van der Waals surface area contributed by atoms with E-state index in [4.69, 9.17) is 4.74 Å². The minimum atomic E-state index is -3.81. The molecule has 1 aliphatic rings. The quantitative estimate of drug-likeness (QED) is 0.786. The van der Waals surface area contributed by atoms with Crippen molar-refractivity contribution >= 4 is 10.0 Å². The van der Waals surface area contributed by atoms with E-state index < -0.39 is 15.8 Å². The van der Waals surface area contributed by atoms with Crippen molar-refractivity contribution in [1.82, 2.24) is 9.62 Å². The van der Waals surface area contributed by atoms with Crippen LogP contribution in [0.3, 0.4) is 0 Å². The van der Waals surface area contributed by atoms with Gasteiger partial charge in [-0.1, -0.05) is 6.07 Å². The second-order valence-corrected chi connectivity index (χ2v) is 6.99. The Morgan fingerprint density at radius 3 is 2.67 bits per heavy atom. The lowest BCUT2D eigenvalue weighted by Crippen LogP contribution is -2.36. The van der Waals surface area contributed by atoms with E-state index in [-0.39, 0.29) is 17.5 Å². The Labute approximate surface area is 125 Å². The highest BCUT2D eigenvalue weighted by Crippen LogP contribution is 2.32. The highest BCUT2D eigenvalue weighted by atomic mass is 32.2. The molecule has 0 unspecified atom stereocenters. The maximum Gasteiger partial charge on any atom is 0.246 e. The zero-order chi connectivity index (χ0) is 15.5. The summed E-state index contributed by atoms with van der Waals surface area (Å²) in [6.07, 6.45) is 1.64. The Hall–Kier alpha value is -1.02. The summed E-state index contributed by atoms with van der Waals surface area (Å²) < 4.78 is 45.7. The normalized spacial score (nSPS) is 15.6. The molecular weight excluding hydrogens is 295 g/mol. The third-order valence-electron chi connectivity index (χ3n) is 3.43. The fourth-order valence-corrected chi connectivity index (χ4v) is 3.95. The summed E-state index contributed by atoms with van der Waals surface area (Å²) in [6, 6.07) is 4.22. The fraction of sp³-hybridized carbons (Fsp3) is 0.571. The third-order valence-corrected chi connectivity index (χ3v) is 5.42. The molecule has 0 radical (unpaired) electrons. The van der Waals surface area contributed by atoms with Gasteiger partial charge in [0.1, 0.15) is 10.7 Å². The van der Waals surface area contributed by atoms with Crippen LogP contribution in [0.5, 0.6) is 0 Å². The topological polar surface area (TPSA) is 58.6 Å². The number of nitrogens with zero attached hydrogens (tertiary/aromatic N) is 1. The van der Waals surface area contributed by atoms with Crippen LogP contribution in [0.15, 0.2) is 23.1 Å². The molecule has 0 saturated heterocycles. The molecule has 0 spiro atoms. The molecule has 1 saturated carbocycles. The average molecular weight is 316 g/mol. The molecule has 118 valence electrons. The Bertz CT molecular complexity index is 588. The number of hydrogen-bond donors (Lipinski definition) is 1. The van der Waals surface area contributed by atoms with Gasteiger partial charge in [-0.05, 0) is 37.6 Å². The van der Waals surface area contributed by atoms with Gasteiger partial charge >= 0.3 is 0 Å². The molecule has 0 amide bonds. The summed E-state index contributed by atoms with van der Waals surface area (Å²) in [6.45, 7) is 1.05. The Kier molecular flexibility index (Phi) is 5.32. The Morgan fingerprint density at radius 1 is 1.43 bits per heavy atom. The molecule has 0 aliphatic heterocycles. The maximum atomic E-state index is 14.2. The lowest BCUT2D eigenvalue weighted by Gasteiger charge is -2.22. The van der Waals surface area contributed by atoms with E-state index >= 15 is 0 Å². The van der Waals surface area contributed by atoms with Gasteiger partial charge < -0.3 is 10.1 Å². The van der Waals surface area contributed by atoms with Crippen LogP contribution in [0, 0.1) is 5.82 Å². The Morgan fingerprint density at radius 2 is 2.14 bits per heavy atom. The highest BCUT2D eigenvalue weighted by molar-refractivity contribution is 7.89. The molecule has 2 rings (SSSR count). The van der Waals surface area contributed by atoms with Crippen molar-refractivity contribution in [2.24, 2.45) is 0 Å². The van der Waals surface area contributed by atoms with Crippen LogP contribution in [0.25, 0.3) is 0 Å². The first kappa shape index (κ1) is 16.4. The second-order valence-electron chi connectivity index (χ2n) is 5.13. The van der Waals surface area contributed by atoms with Crippen molar-refractivity contribution in [3.8, 4) is 0 Å². The van der Waals surface area contributed by atoms with Gasteiger partial charge in [-0.15, -0.1) is 0 Å². The Balaban J connectivity index is 2.28. The van der Waals surface area contributed by atoms with Gasteiger partial charge in [0.05, 0.1) is 6.61 Å². The molecule has 5 nitrogen and oxygen atoms in total. The second kappa shape index (κ2) is 6.83. The molecule has 0 bridgehead atoms. The summed E-state index contributed by atoms with van der Waals surface area (Å²) in [5.41, 5.74) is 0.712. The maximum absolute atomic E-state index is 14.2. The number of rotatable bonds is 8. The number of sulfonamides is 1. The van der Waals surface area contributed by atoms with Crippen molar-refractivity contribution in [3.05, 3.63) is 29.6 Å². The van der Waals surface area contributed by atoms with Crippen LogP contribution in [0.2, 0.25) is 0 Å². The van der Waals surface area contributed by atoms with Crippen molar-refractivity contribution in [2.75, 3.05) is 27.3 Å². The molecule has 1 N–H and O–H groups in total. The zero-order valence-electron chi connectivity index (χ0n) is 12.3. The smallest absolute Gasteiger partial charge is 0.246 e. The summed E-state index contributed by atoms with van der Waals surface area (Å²) in [4.78, 5) is -0.259. The minimum Gasteiger partial charge on any atom is -0.383 e. The van der Waals surface area contributed by atoms with E-state index in [1.807, 2.05) is 0 Å². The van der Waals surface area contributed by atoms with Gasteiger partial charge in [0.15, 0.2) is 0 Å². The number of benzene rings is 1. The van der Waals surface area contributed by atoms with Crippen LogP contribution in [0.4, 0.5) is 4.39 Å². The van der Waals surface area contributed by atoms with Crippen LogP contribution in [-0.4, -0.2) is 46.1 Å². The van der Waals surface area contributed by atoms with E-state index in [1.165, 1.54) is 23.5 Å². The molecule has 1 aromatic carbocycles. The molecule has 1 fully saturated rings. The van der Waals surface area contributed by atoms with Crippen molar-refractivity contribution < 1.29 is 17.5 Å². The largest absolute Gasteiger partial charge is 0.383 e. The third kappa shape index (κ3) is 3.79. The van der Waals surface area contributed by atoms with Crippen LogP contribution >= 0.6 is 0 Å². The first-order valence-electron chi connectivity index (χ1n) is 6.94. The molecule has 7 heteroatoms. The van der Waals surface area contributed by atoms with Crippen molar-refractivity contribution in [2.45, 2.75) is 30.3 Å². The first-order chi connectivity index (χ1) is 10.0. The van der Waals surface area contributed by atoms with Crippen LogP contribution in [-0.2, 0) is 21.3 Å². The predicted molar refractivity (Wildman–Crippen MR) is 78.0 cm³/mol. The van der Waals surface area contributed by atoms with Crippen LogP contribution in [0.1, 0.15) is 18.4 Å². The van der Waals surface area contributed by atoms with Crippen LogP contribution < -0.4 is 5.32 Å². The lowest BCUT2D eigenvalue weighted by molar-refractivity contribution is 0.177. The van der Waals surface area contributed by atoms with E-state index in [0.29, 0.717) is 18.7 Å². The summed E-state index contributed by atoms with van der Waals surface area (Å²) in [5, 5.41) is 2.91. The van der Waals surface area contributed by atoms with Gasteiger partial charge in [0, 0.05) is 26.2 Å². The average Bonchev–Trinajstić information content (AvgIpc) is 3.23. The summed E-state index contributed by atoms with van der Waals surface area (Å²) in [5.74, 6) is -0.703. The molecule has 0 heterocycles. The zero-order valence-corrected chi connectivity index (χ0v) is 13.1. The van der Waals surface area contributed by atoms with Crippen molar-refractivity contribution in [3.63, 3.8) is 0 Å².